The highest BCUT2D eigenvalue weighted by molar-refractivity contribution is 5.82. The van der Waals surface area contributed by atoms with E-state index in [2.05, 4.69) is 30.2 Å². The number of hydrogen-bond donors (Lipinski definition) is 1. The molecule has 1 atom stereocenters. The van der Waals surface area contributed by atoms with E-state index in [1.54, 1.807) is 6.20 Å². The third-order valence-electron chi connectivity index (χ3n) is 5.83. The lowest BCUT2D eigenvalue weighted by atomic mass is 9.74. The third-order valence-corrected chi connectivity index (χ3v) is 5.83. The molecular formula is C19H27N3O2. The maximum absolute atomic E-state index is 12.6. The first-order valence-corrected chi connectivity index (χ1v) is 9.09. The van der Waals surface area contributed by atoms with Crippen molar-refractivity contribution in [3.63, 3.8) is 0 Å². The highest BCUT2D eigenvalue weighted by Crippen LogP contribution is 2.43. The lowest BCUT2D eigenvalue weighted by Gasteiger charge is -2.43. The summed E-state index contributed by atoms with van der Waals surface area (Å²) >= 11 is 0. The maximum atomic E-state index is 12.6. The standard InChI is InChI=1S/C19H27N3O2/c1-3-14(4-2)18(24)22-10-7-19(8-11-22)16(12-17(23)21-19)15-6-5-9-20-13-15/h5-6,9,13-14,16H,3-4,7-8,10-12H2,1-2H3,(H,21,23). The highest BCUT2D eigenvalue weighted by atomic mass is 16.2. The molecule has 1 aromatic rings. The summed E-state index contributed by atoms with van der Waals surface area (Å²) in [6.07, 6.45) is 7.59. The van der Waals surface area contributed by atoms with Crippen LogP contribution >= 0.6 is 0 Å². The molecule has 0 aromatic carbocycles. The zero-order chi connectivity index (χ0) is 17.2. The molecule has 1 aromatic heterocycles. The number of likely N-dealkylation sites (tertiary alicyclic amines) is 1. The molecule has 3 heterocycles. The number of pyridine rings is 1. The number of amides is 2. The molecule has 0 radical (unpaired) electrons. The summed E-state index contributed by atoms with van der Waals surface area (Å²) in [6, 6.07) is 3.99. The Morgan fingerprint density at radius 2 is 2.08 bits per heavy atom. The molecule has 0 aliphatic carbocycles. The molecule has 1 unspecified atom stereocenters. The van der Waals surface area contributed by atoms with Gasteiger partial charge in [0.05, 0.1) is 5.54 Å². The van der Waals surface area contributed by atoms with Gasteiger partial charge < -0.3 is 10.2 Å². The molecular weight excluding hydrogens is 302 g/mol. The molecule has 2 fully saturated rings. The van der Waals surface area contributed by atoms with Crippen molar-refractivity contribution >= 4 is 11.8 Å². The zero-order valence-corrected chi connectivity index (χ0v) is 14.6. The lowest BCUT2D eigenvalue weighted by Crippen LogP contribution is -2.55. The second kappa shape index (κ2) is 6.91. The minimum absolute atomic E-state index is 0.114. The van der Waals surface area contributed by atoms with Gasteiger partial charge in [-0.1, -0.05) is 19.9 Å². The largest absolute Gasteiger partial charge is 0.350 e. The maximum Gasteiger partial charge on any atom is 0.225 e. The summed E-state index contributed by atoms with van der Waals surface area (Å²) in [5.41, 5.74) is 0.904. The van der Waals surface area contributed by atoms with Crippen molar-refractivity contribution in [2.24, 2.45) is 5.92 Å². The summed E-state index contributed by atoms with van der Waals surface area (Å²) in [5, 5.41) is 3.23. The Kier molecular flexibility index (Phi) is 4.88. The van der Waals surface area contributed by atoms with Gasteiger partial charge in [0.15, 0.2) is 0 Å². The summed E-state index contributed by atoms with van der Waals surface area (Å²) in [7, 11) is 0. The number of rotatable bonds is 4. The van der Waals surface area contributed by atoms with E-state index in [-0.39, 0.29) is 29.2 Å². The predicted octanol–water partition coefficient (Wildman–Crippen LogP) is 2.48. The first kappa shape index (κ1) is 16.9. The topological polar surface area (TPSA) is 62.3 Å². The van der Waals surface area contributed by atoms with Crippen LogP contribution in [0, 0.1) is 5.92 Å². The molecule has 1 spiro atoms. The average Bonchev–Trinajstić information content (AvgIpc) is 2.93. The van der Waals surface area contributed by atoms with E-state index in [1.807, 2.05) is 17.2 Å². The van der Waals surface area contributed by atoms with Gasteiger partial charge in [-0.15, -0.1) is 0 Å². The molecule has 5 heteroatoms. The van der Waals surface area contributed by atoms with Crippen LogP contribution in [-0.4, -0.2) is 40.3 Å². The number of aromatic nitrogens is 1. The molecule has 130 valence electrons. The summed E-state index contributed by atoms with van der Waals surface area (Å²) in [6.45, 7) is 5.61. The van der Waals surface area contributed by atoms with Gasteiger partial charge in [-0.25, -0.2) is 0 Å². The van der Waals surface area contributed by atoms with Crippen LogP contribution in [0.5, 0.6) is 0 Å². The Hall–Kier alpha value is -1.91. The summed E-state index contributed by atoms with van der Waals surface area (Å²) in [4.78, 5) is 30.9. The van der Waals surface area contributed by atoms with Gasteiger partial charge in [0.1, 0.15) is 0 Å². The van der Waals surface area contributed by atoms with Crippen molar-refractivity contribution in [3.05, 3.63) is 30.1 Å². The van der Waals surface area contributed by atoms with E-state index < -0.39 is 0 Å². The smallest absolute Gasteiger partial charge is 0.225 e. The zero-order valence-electron chi connectivity index (χ0n) is 14.6. The summed E-state index contributed by atoms with van der Waals surface area (Å²) < 4.78 is 0. The van der Waals surface area contributed by atoms with Gasteiger partial charge in [0.2, 0.25) is 11.8 Å². The van der Waals surface area contributed by atoms with E-state index in [4.69, 9.17) is 0 Å². The molecule has 3 rings (SSSR count). The van der Waals surface area contributed by atoms with Crippen LogP contribution in [0.25, 0.3) is 0 Å². The Labute approximate surface area is 143 Å². The highest BCUT2D eigenvalue weighted by Gasteiger charge is 2.49. The molecule has 2 aliphatic rings. The molecule has 1 N–H and O–H groups in total. The number of nitrogens with one attached hydrogen (secondary N) is 1. The van der Waals surface area contributed by atoms with E-state index in [0.717, 1.165) is 44.3 Å². The first-order chi connectivity index (χ1) is 11.6. The lowest BCUT2D eigenvalue weighted by molar-refractivity contribution is -0.137. The molecule has 5 nitrogen and oxygen atoms in total. The van der Waals surface area contributed by atoms with Crippen LogP contribution in [0.15, 0.2) is 24.5 Å². The van der Waals surface area contributed by atoms with Crippen LogP contribution in [0.2, 0.25) is 0 Å². The molecule has 2 amide bonds. The number of piperidine rings is 1. The van der Waals surface area contributed by atoms with Crippen molar-refractivity contribution in [2.45, 2.75) is 57.4 Å². The van der Waals surface area contributed by atoms with Crippen molar-refractivity contribution in [3.8, 4) is 0 Å². The van der Waals surface area contributed by atoms with Crippen molar-refractivity contribution in [1.82, 2.24) is 15.2 Å². The van der Waals surface area contributed by atoms with Crippen LogP contribution in [0.4, 0.5) is 0 Å². The van der Waals surface area contributed by atoms with Gasteiger partial charge in [-0.2, -0.15) is 0 Å². The SMILES string of the molecule is CCC(CC)C(=O)N1CCC2(CC1)NC(=O)CC2c1cccnc1. The van der Waals surface area contributed by atoms with Crippen LogP contribution in [0.1, 0.15) is 57.4 Å². The minimum atomic E-state index is -0.217. The Bertz CT molecular complexity index is 590. The van der Waals surface area contributed by atoms with Gasteiger partial charge in [-0.05, 0) is 37.3 Å². The second-order valence-corrected chi connectivity index (χ2v) is 7.09. The Morgan fingerprint density at radius 1 is 1.38 bits per heavy atom. The predicted molar refractivity (Wildman–Crippen MR) is 92.4 cm³/mol. The van der Waals surface area contributed by atoms with Crippen molar-refractivity contribution in [2.75, 3.05) is 13.1 Å². The first-order valence-electron chi connectivity index (χ1n) is 9.09. The second-order valence-electron chi connectivity index (χ2n) is 7.09. The number of hydrogen-bond acceptors (Lipinski definition) is 3. The fourth-order valence-electron chi connectivity index (χ4n) is 4.31. The fourth-order valence-corrected chi connectivity index (χ4v) is 4.31. The van der Waals surface area contributed by atoms with Gasteiger partial charge >= 0.3 is 0 Å². The van der Waals surface area contributed by atoms with Gasteiger partial charge in [0.25, 0.3) is 0 Å². The number of carbonyl (C=O) groups is 2. The number of carbonyl (C=O) groups excluding carboxylic acids is 2. The molecule has 2 saturated heterocycles. The van der Waals surface area contributed by atoms with Gasteiger partial charge in [-0.3, -0.25) is 14.6 Å². The van der Waals surface area contributed by atoms with E-state index >= 15 is 0 Å². The normalized spacial score (nSPS) is 22.9. The quantitative estimate of drug-likeness (QED) is 0.923. The van der Waals surface area contributed by atoms with E-state index in [0.29, 0.717) is 6.42 Å². The van der Waals surface area contributed by atoms with E-state index in [9.17, 15) is 9.59 Å². The minimum Gasteiger partial charge on any atom is -0.350 e. The summed E-state index contributed by atoms with van der Waals surface area (Å²) in [5.74, 6) is 0.677. The average molecular weight is 329 g/mol. The fraction of sp³-hybridized carbons (Fsp3) is 0.632. The van der Waals surface area contributed by atoms with Crippen LogP contribution in [0.3, 0.4) is 0 Å². The Morgan fingerprint density at radius 3 is 2.67 bits per heavy atom. The van der Waals surface area contributed by atoms with E-state index in [1.165, 1.54) is 0 Å². The monoisotopic (exact) mass is 329 g/mol. The Balaban J connectivity index is 1.73. The molecule has 0 saturated carbocycles. The van der Waals surface area contributed by atoms with Crippen molar-refractivity contribution < 1.29 is 9.59 Å². The number of nitrogens with zero attached hydrogens (tertiary/aromatic N) is 2. The molecule has 2 aliphatic heterocycles. The van der Waals surface area contributed by atoms with Crippen LogP contribution < -0.4 is 5.32 Å². The molecule has 0 bridgehead atoms. The third kappa shape index (κ3) is 3.04. The molecule has 24 heavy (non-hydrogen) atoms. The van der Waals surface area contributed by atoms with Crippen LogP contribution in [-0.2, 0) is 9.59 Å². The van der Waals surface area contributed by atoms with Gasteiger partial charge in [0, 0.05) is 43.7 Å². The van der Waals surface area contributed by atoms with Crippen molar-refractivity contribution in [1.29, 1.82) is 0 Å².